The number of benzene rings is 3. The highest BCUT2D eigenvalue weighted by molar-refractivity contribution is 6.42. The first-order chi connectivity index (χ1) is 15.0. The van der Waals surface area contributed by atoms with Gasteiger partial charge in [0.2, 0.25) is 0 Å². The summed E-state index contributed by atoms with van der Waals surface area (Å²) in [6.45, 7) is 0.251. The molecule has 3 aromatic carbocycles. The van der Waals surface area contributed by atoms with Crippen molar-refractivity contribution >= 4 is 41.2 Å². The molecule has 3 rings (SSSR count). The maximum atomic E-state index is 12.0. The van der Waals surface area contributed by atoms with Crippen LogP contribution in [0, 0.1) is 0 Å². The molecule has 31 heavy (non-hydrogen) atoms. The molecule has 0 saturated carbocycles. The number of rotatable bonds is 8. The molecular weight excluding hydrogens is 437 g/mol. The molecule has 6 nitrogen and oxygen atoms in total. The van der Waals surface area contributed by atoms with E-state index < -0.39 is 11.8 Å². The number of nitrogens with one attached hydrogen (secondary N) is 2. The number of carbonyl (C=O) groups excluding carboxylic acids is 2. The van der Waals surface area contributed by atoms with Gasteiger partial charge < -0.3 is 10.1 Å². The van der Waals surface area contributed by atoms with E-state index in [1.165, 1.54) is 24.4 Å². The van der Waals surface area contributed by atoms with E-state index in [4.69, 9.17) is 27.9 Å². The molecule has 0 spiro atoms. The SMILES string of the molecule is O=C(CNC(=O)c1ccc(Cl)c(Cl)c1)N/N=C\c1ccc(OCc2ccccc2)cc1. The van der Waals surface area contributed by atoms with Crippen LogP contribution in [0.1, 0.15) is 21.5 Å². The van der Waals surface area contributed by atoms with Crippen molar-refractivity contribution in [3.05, 3.63) is 99.5 Å². The number of hydrogen-bond acceptors (Lipinski definition) is 4. The van der Waals surface area contributed by atoms with Gasteiger partial charge in [-0.05, 0) is 53.6 Å². The van der Waals surface area contributed by atoms with Crippen LogP contribution in [0.5, 0.6) is 5.75 Å². The van der Waals surface area contributed by atoms with Crippen molar-refractivity contribution in [1.82, 2.24) is 10.7 Å². The summed E-state index contributed by atoms with van der Waals surface area (Å²) < 4.78 is 5.72. The third kappa shape index (κ3) is 7.13. The van der Waals surface area contributed by atoms with Gasteiger partial charge in [-0.2, -0.15) is 5.10 Å². The predicted octanol–water partition coefficient (Wildman–Crippen LogP) is 4.45. The zero-order valence-corrected chi connectivity index (χ0v) is 17.9. The maximum Gasteiger partial charge on any atom is 0.259 e. The van der Waals surface area contributed by atoms with Gasteiger partial charge >= 0.3 is 0 Å². The molecule has 0 aliphatic rings. The van der Waals surface area contributed by atoms with E-state index in [1.807, 2.05) is 54.6 Å². The van der Waals surface area contributed by atoms with Crippen molar-refractivity contribution in [3.63, 3.8) is 0 Å². The average molecular weight is 456 g/mol. The van der Waals surface area contributed by atoms with Gasteiger partial charge in [-0.1, -0.05) is 53.5 Å². The van der Waals surface area contributed by atoms with Gasteiger partial charge in [0.15, 0.2) is 0 Å². The van der Waals surface area contributed by atoms with Gasteiger partial charge in [-0.25, -0.2) is 5.43 Å². The van der Waals surface area contributed by atoms with Crippen LogP contribution in [0.2, 0.25) is 10.0 Å². The molecule has 158 valence electrons. The summed E-state index contributed by atoms with van der Waals surface area (Å²) in [5, 5.41) is 6.98. The van der Waals surface area contributed by atoms with E-state index >= 15 is 0 Å². The molecule has 2 N–H and O–H groups in total. The first-order valence-electron chi connectivity index (χ1n) is 9.33. The monoisotopic (exact) mass is 455 g/mol. The van der Waals surface area contributed by atoms with Crippen molar-refractivity contribution in [2.45, 2.75) is 6.61 Å². The van der Waals surface area contributed by atoms with E-state index in [0.717, 1.165) is 16.9 Å². The first-order valence-corrected chi connectivity index (χ1v) is 10.1. The molecule has 0 unspecified atom stereocenters. The van der Waals surface area contributed by atoms with E-state index in [9.17, 15) is 9.59 Å². The van der Waals surface area contributed by atoms with E-state index in [1.54, 1.807) is 0 Å². The molecule has 0 saturated heterocycles. The number of ether oxygens (including phenoxy) is 1. The Hall–Kier alpha value is -3.35. The molecule has 0 aliphatic carbocycles. The number of amides is 2. The minimum absolute atomic E-state index is 0.233. The molecule has 3 aromatic rings. The zero-order valence-electron chi connectivity index (χ0n) is 16.3. The van der Waals surface area contributed by atoms with Crippen LogP contribution >= 0.6 is 23.2 Å². The van der Waals surface area contributed by atoms with Crippen LogP contribution in [0.4, 0.5) is 0 Å². The van der Waals surface area contributed by atoms with Crippen molar-refractivity contribution in [1.29, 1.82) is 0 Å². The second-order valence-electron chi connectivity index (χ2n) is 6.45. The van der Waals surface area contributed by atoms with Crippen LogP contribution in [-0.4, -0.2) is 24.6 Å². The summed E-state index contributed by atoms with van der Waals surface area (Å²) in [5.41, 5.74) is 4.53. The molecule has 0 aromatic heterocycles. The smallest absolute Gasteiger partial charge is 0.259 e. The summed E-state index contributed by atoms with van der Waals surface area (Å²) in [4.78, 5) is 23.9. The van der Waals surface area contributed by atoms with E-state index in [0.29, 0.717) is 17.2 Å². The Bertz CT molecular complexity index is 1070. The van der Waals surface area contributed by atoms with Gasteiger partial charge in [-0.3, -0.25) is 9.59 Å². The highest BCUT2D eigenvalue weighted by atomic mass is 35.5. The molecular formula is C23H19Cl2N3O3. The van der Waals surface area contributed by atoms with Crippen LogP contribution in [0.3, 0.4) is 0 Å². The molecule has 0 fully saturated rings. The molecule has 0 aliphatic heterocycles. The number of hydrogen-bond donors (Lipinski definition) is 2. The van der Waals surface area contributed by atoms with Crippen LogP contribution in [0.15, 0.2) is 77.9 Å². The third-order valence-corrected chi connectivity index (χ3v) is 4.86. The Balaban J connectivity index is 1.41. The minimum atomic E-state index is -0.465. The fourth-order valence-electron chi connectivity index (χ4n) is 2.51. The lowest BCUT2D eigenvalue weighted by Gasteiger charge is -2.06. The predicted molar refractivity (Wildman–Crippen MR) is 122 cm³/mol. The van der Waals surface area contributed by atoms with Gasteiger partial charge in [0.25, 0.3) is 11.8 Å². The lowest BCUT2D eigenvalue weighted by Crippen LogP contribution is -2.34. The third-order valence-electron chi connectivity index (χ3n) is 4.12. The van der Waals surface area contributed by atoms with Crippen molar-refractivity contribution in [2.75, 3.05) is 6.54 Å². The van der Waals surface area contributed by atoms with E-state index in [-0.39, 0.29) is 11.6 Å². The Morgan fingerprint density at radius 2 is 1.68 bits per heavy atom. The van der Waals surface area contributed by atoms with Gasteiger partial charge in [0, 0.05) is 5.56 Å². The van der Waals surface area contributed by atoms with Gasteiger partial charge in [0.05, 0.1) is 22.8 Å². The highest BCUT2D eigenvalue weighted by Gasteiger charge is 2.09. The lowest BCUT2D eigenvalue weighted by atomic mass is 10.2. The number of carbonyl (C=O) groups is 2. The second kappa shape index (κ2) is 11.2. The molecule has 0 radical (unpaired) electrons. The van der Waals surface area contributed by atoms with Crippen molar-refractivity contribution in [3.8, 4) is 5.75 Å². The lowest BCUT2D eigenvalue weighted by molar-refractivity contribution is -0.120. The maximum absolute atomic E-state index is 12.0. The summed E-state index contributed by atoms with van der Waals surface area (Å²) >= 11 is 11.7. The number of nitrogens with zero attached hydrogens (tertiary/aromatic N) is 1. The minimum Gasteiger partial charge on any atom is -0.489 e. The number of halogens is 2. The van der Waals surface area contributed by atoms with Crippen LogP contribution in [-0.2, 0) is 11.4 Å². The topological polar surface area (TPSA) is 79.8 Å². The van der Waals surface area contributed by atoms with Gasteiger partial charge in [0.1, 0.15) is 12.4 Å². The van der Waals surface area contributed by atoms with Crippen LogP contribution in [0.25, 0.3) is 0 Å². The fourth-order valence-corrected chi connectivity index (χ4v) is 2.81. The molecule has 2 amide bonds. The van der Waals surface area contributed by atoms with E-state index in [2.05, 4.69) is 15.8 Å². The second-order valence-corrected chi connectivity index (χ2v) is 7.26. The molecule has 8 heteroatoms. The first kappa shape index (κ1) is 22.3. The van der Waals surface area contributed by atoms with Crippen molar-refractivity contribution in [2.24, 2.45) is 5.10 Å². The summed E-state index contributed by atoms with van der Waals surface area (Å²) in [6, 6.07) is 21.6. The Morgan fingerprint density at radius 3 is 2.39 bits per heavy atom. The molecule has 0 heterocycles. The quantitative estimate of drug-likeness (QED) is 0.388. The summed E-state index contributed by atoms with van der Waals surface area (Å²) in [7, 11) is 0. The summed E-state index contributed by atoms with van der Waals surface area (Å²) in [5.74, 6) is -0.175. The Morgan fingerprint density at radius 1 is 0.935 bits per heavy atom. The van der Waals surface area contributed by atoms with Gasteiger partial charge in [-0.15, -0.1) is 0 Å². The summed E-state index contributed by atoms with van der Waals surface area (Å²) in [6.07, 6.45) is 1.50. The molecule has 0 atom stereocenters. The standard InChI is InChI=1S/C23H19Cl2N3O3/c24-20-11-8-18(12-21(20)25)23(30)26-14-22(29)28-27-13-16-6-9-19(10-7-16)31-15-17-4-2-1-3-5-17/h1-13H,14-15H2,(H,26,30)(H,28,29)/b27-13-. The normalized spacial score (nSPS) is 10.6. The number of hydrazone groups is 1. The Kier molecular flexibility index (Phi) is 8.04. The Labute approximate surface area is 189 Å². The van der Waals surface area contributed by atoms with Crippen molar-refractivity contribution < 1.29 is 14.3 Å². The largest absolute Gasteiger partial charge is 0.489 e. The van der Waals surface area contributed by atoms with Crippen LogP contribution < -0.4 is 15.5 Å². The average Bonchev–Trinajstić information content (AvgIpc) is 2.79. The zero-order chi connectivity index (χ0) is 22.1. The molecule has 0 bridgehead atoms. The highest BCUT2D eigenvalue weighted by Crippen LogP contribution is 2.22. The fraction of sp³-hybridized carbons (Fsp3) is 0.0870.